The van der Waals surface area contributed by atoms with Crippen molar-refractivity contribution in [2.24, 2.45) is 5.92 Å². The lowest BCUT2D eigenvalue weighted by Gasteiger charge is -2.21. The van der Waals surface area contributed by atoms with Crippen LogP contribution in [0.25, 0.3) is 11.1 Å². The molecule has 0 spiro atoms. The zero-order chi connectivity index (χ0) is 14.7. The van der Waals surface area contributed by atoms with Gasteiger partial charge in [-0.3, -0.25) is 10.1 Å². The Morgan fingerprint density at radius 1 is 1.33 bits per heavy atom. The minimum atomic E-state index is -0.432. The summed E-state index contributed by atoms with van der Waals surface area (Å²) in [6.07, 6.45) is 7.82. The number of aromatic nitrogens is 1. The molecular formula is C15H19N3O3. The normalized spacial score (nSPS) is 16.2. The fraction of sp³-hybridized carbons (Fsp3) is 0.533. The highest BCUT2D eigenvalue weighted by Gasteiger charge is 2.14. The minimum absolute atomic E-state index is 0.0207. The molecule has 6 nitrogen and oxygen atoms in total. The van der Waals surface area contributed by atoms with Gasteiger partial charge in [0.25, 0.3) is 11.7 Å². The number of nitro groups is 1. The van der Waals surface area contributed by atoms with E-state index in [0.29, 0.717) is 17.1 Å². The number of oxazole rings is 1. The summed E-state index contributed by atoms with van der Waals surface area (Å²) in [5.74, 6) is 0.803. The monoisotopic (exact) mass is 289 g/mol. The molecule has 0 amide bonds. The molecule has 1 aromatic carbocycles. The maximum absolute atomic E-state index is 10.7. The molecule has 112 valence electrons. The molecule has 0 unspecified atom stereocenters. The van der Waals surface area contributed by atoms with E-state index in [9.17, 15) is 10.1 Å². The first-order valence-electron chi connectivity index (χ1n) is 7.51. The Morgan fingerprint density at radius 2 is 2.14 bits per heavy atom. The average Bonchev–Trinajstić information content (AvgIpc) is 2.90. The summed E-state index contributed by atoms with van der Waals surface area (Å²) in [5, 5.41) is 13.9. The molecule has 0 aliphatic heterocycles. The second kappa shape index (κ2) is 6.11. The topological polar surface area (TPSA) is 81.2 Å². The number of benzene rings is 1. The van der Waals surface area contributed by atoms with Crippen LogP contribution in [0.3, 0.4) is 0 Å². The van der Waals surface area contributed by atoms with Crippen molar-refractivity contribution in [1.29, 1.82) is 0 Å². The first kappa shape index (κ1) is 13.9. The van der Waals surface area contributed by atoms with Gasteiger partial charge in [0.05, 0.1) is 11.0 Å². The molecule has 1 aliphatic carbocycles. The Kier molecular flexibility index (Phi) is 4.03. The third-order valence-corrected chi connectivity index (χ3v) is 4.14. The van der Waals surface area contributed by atoms with Gasteiger partial charge in [0.1, 0.15) is 5.52 Å². The maximum atomic E-state index is 10.7. The highest BCUT2D eigenvalue weighted by molar-refractivity contribution is 5.77. The van der Waals surface area contributed by atoms with Gasteiger partial charge in [-0.15, -0.1) is 0 Å². The summed E-state index contributed by atoms with van der Waals surface area (Å²) in [6, 6.07) is 4.91. The van der Waals surface area contributed by atoms with Crippen molar-refractivity contribution in [3.63, 3.8) is 0 Å². The smallest absolute Gasteiger partial charge is 0.295 e. The van der Waals surface area contributed by atoms with Crippen LogP contribution >= 0.6 is 0 Å². The standard InChI is InChI=1S/C15H19N3O3/c19-18(20)12-6-7-13-14(10-12)21-15(17-13)16-9-8-11-4-2-1-3-5-11/h6-7,10-11H,1-5,8-9H2,(H,16,17). The molecule has 0 radical (unpaired) electrons. The maximum Gasteiger partial charge on any atom is 0.295 e. The van der Waals surface area contributed by atoms with Crippen molar-refractivity contribution < 1.29 is 9.34 Å². The summed E-state index contributed by atoms with van der Waals surface area (Å²) in [7, 11) is 0. The Morgan fingerprint density at radius 3 is 2.90 bits per heavy atom. The van der Waals surface area contributed by atoms with Crippen molar-refractivity contribution in [3.8, 4) is 0 Å². The molecule has 0 atom stereocenters. The van der Waals surface area contributed by atoms with Crippen LogP contribution in [0.1, 0.15) is 38.5 Å². The van der Waals surface area contributed by atoms with E-state index in [2.05, 4.69) is 10.3 Å². The molecule has 2 aromatic rings. The van der Waals surface area contributed by atoms with Gasteiger partial charge >= 0.3 is 0 Å². The zero-order valence-electron chi connectivity index (χ0n) is 11.9. The molecule has 0 bridgehead atoms. The second-order valence-corrected chi connectivity index (χ2v) is 5.65. The van der Waals surface area contributed by atoms with Crippen LogP contribution in [0.4, 0.5) is 11.7 Å². The van der Waals surface area contributed by atoms with E-state index in [1.807, 2.05) is 0 Å². The number of nitrogens with one attached hydrogen (secondary N) is 1. The van der Waals surface area contributed by atoms with Gasteiger partial charge < -0.3 is 9.73 Å². The molecule has 1 N–H and O–H groups in total. The molecule has 6 heteroatoms. The third-order valence-electron chi connectivity index (χ3n) is 4.14. The van der Waals surface area contributed by atoms with Gasteiger partial charge in [-0.1, -0.05) is 32.1 Å². The summed E-state index contributed by atoms with van der Waals surface area (Å²) < 4.78 is 5.52. The lowest BCUT2D eigenvalue weighted by molar-refractivity contribution is -0.384. The van der Waals surface area contributed by atoms with Crippen molar-refractivity contribution in [1.82, 2.24) is 4.98 Å². The fourth-order valence-corrected chi connectivity index (χ4v) is 2.96. The van der Waals surface area contributed by atoms with Crippen LogP contribution in [0.15, 0.2) is 22.6 Å². The molecule has 0 saturated heterocycles. The van der Waals surface area contributed by atoms with Crippen LogP contribution in [0.5, 0.6) is 0 Å². The molecular weight excluding hydrogens is 270 g/mol. The number of nitro benzene ring substituents is 1. The quantitative estimate of drug-likeness (QED) is 0.661. The Balaban J connectivity index is 1.60. The first-order valence-corrected chi connectivity index (χ1v) is 7.51. The van der Waals surface area contributed by atoms with Gasteiger partial charge in [-0.25, -0.2) is 0 Å². The molecule has 1 aromatic heterocycles. The Labute approximate surface area is 122 Å². The van der Waals surface area contributed by atoms with E-state index in [1.54, 1.807) is 6.07 Å². The van der Waals surface area contributed by atoms with Gasteiger partial charge in [0, 0.05) is 12.6 Å². The molecule has 1 saturated carbocycles. The summed E-state index contributed by atoms with van der Waals surface area (Å²) in [4.78, 5) is 14.6. The predicted molar refractivity (Wildman–Crippen MR) is 80.3 cm³/mol. The highest BCUT2D eigenvalue weighted by atomic mass is 16.6. The van der Waals surface area contributed by atoms with E-state index in [1.165, 1.54) is 44.2 Å². The number of rotatable bonds is 5. The molecule has 1 aliphatic rings. The number of non-ortho nitro benzene ring substituents is 1. The summed E-state index contributed by atoms with van der Waals surface area (Å²) in [5.41, 5.74) is 1.11. The van der Waals surface area contributed by atoms with Gasteiger partial charge in [-0.05, 0) is 18.4 Å². The predicted octanol–water partition coefficient (Wildman–Crippen LogP) is 4.12. The van der Waals surface area contributed by atoms with Crippen molar-refractivity contribution >= 4 is 22.8 Å². The summed E-state index contributed by atoms with van der Waals surface area (Å²) in [6.45, 7) is 0.833. The van der Waals surface area contributed by atoms with Crippen molar-refractivity contribution in [2.75, 3.05) is 11.9 Å². The highest BCUT2D eigenvalue weighted by Crippen LogP contribution is 2.27. The SMILES string of the molecule is O=[N+]([O-])c1ccc2nc(NCCC3CCCCC3)oc2c1. The van der Waals surface area contributed by atoms with Crippen LogP contribution < -0.4 is 5.32 Å². The molecule has 3 rings (SSSR count). The zero-order valence-corrected chi connectivity index (χ0v) is 11.9. The Hall–Kier alpha value is -2.11. The third kappa shape index (κ3) is 3.32. The van der Waals surface area contributed by atoms with Gasteiger partial charge in [0.2, 0.25) is 0 Å². The number of hydrogen-bond acceptors (Lipinski definition) is 5. The van der Waals surface area contributed by atoms with E-state index < -0.39 is 4.92 Å². The number of anilines is 1. The minimum Gasteiger partial charge on any atom is -0.423 e. The largest absolute Gasteiger partial charge is 0.423 e. The lowest BCUT2D eigenvalue weighted by atomic mass is 9.87. The number of fused-ring (bicyclic) bond motifs is 1. The van der Waals surface area contributed by atoms with E-state index in [4.69, 9.17) is 4.42 Å². The molecule has 1 fully saturated rings. The van der Waals surface area contributed by atoms with Crippen LogP contribution in [-0.4, -0.2) is 16.5 Å². The van der Waals surface area contributed by atoms with Crippen LogP contribution in [0, 0.1) is 16.0 Å². The van der Waals surface area contributed by atoms with E-state index in [-0.39, 0.29) is 5.69 Å². The molecule has 21 heavy (non-hydrogen) atoms. The van der Waals surface area contributed by atoms with E-state index >= 15 is 0 Å². The Bertz CT molecular complexity index is 632. The second-order valence-electron chi connectivity index (χ2n) is 5.65. The van der Waals surface area contributed by atoms with Crippen LogP contribution in [0.2, 0.25) is 0 Å². The number of nitrogens with zero attached hydrogens (tertiary/aromatic N) is 2. The average molecular weight is 289 g/mol. The molecule has 1 heterocycles. The first-order chi connectivity index (χ1) is 10.2. The van der Waals surface area contributed by atoms with Gasteiger partial charge in [0.15, 0.2) is 5.58 Å². The lowest BCUT2D eigenvalue weighted by Crippen LogP contribution is -2.12. The summed E-state index contributed by atoms with van der Waals surface area (Å²) >= 11 is 0. The fourth-order valence-electron chi connectivity index (χ4n) is 2.96. The van der Waals surface area contributed by atoms with E-state index in [0.717, 1.165) is 18.9 Å². The van der Waals surface area contributed by atoms with Gasteiger partial charge in [-0.2, -0.15) is 4.98 Å². The van der Waals surface area contributed by atoms with Crippen molar-refractivity contribution in [3.05, 3.63) is 28.3 Å². The number of hydrogen-bond donors (Lipinski definition) is 1. The van der Waals surface area contributed by atoms with Crippen LogP contribution in [-0.2, 0) is 0 Å². The van der Waals surface area contributed by atoms with Crippen molar-refractivity contribution in [2.45, 2.75) is 38.5 Å².